The molecule has 2 N–H and O–H groups in total. The number of imidazole rings is 1. The van der Waals surface area contributed by atoms with Gasteiger partial charge in [-0.3, -0.25) is 0 Å². The molecule has 0 bridgehead atoms. The van der Waals surface area contributed by atoms with Crippen LogP contribution in [0.25, 0.3) is 11.3 Å². The number of nitrogen functional groups attached to an aromatic ring is 1. The normalized spacial score (nSPS) is 10.9. The maximum atomic E-state index is 13.2. The Morgan fingerprint density at radius 2 is 1.83 bits per heavy atom. The van der Waals surface area contributed by atoms with E-state index in [1.807, 2.05) is 6.92 Å². The van der Waals surface area contributed by atoms with E-state index in [-0.39, 0.29) is 0 Å². The van der Waals surface area contributed by atoms with Crippen molar-refractivity contribution in [2.24, 2.45) is 7.05 Å². The second-order valence-electron chi connectivity index (χ2n) is 4.23. The largest absolute Gasteiger partial charge is 0.383 e. The molecule has 2 aromatic rings. The Morgan fingerprint density at radius 1 is 1.22 bits per heavy atom. The summed E-state index contributed by atoms with van der Waals surface area (Å²) in [6.45, 7) is 2.03. The number of aryl methyl sites for hydroxylation is 1. The Morgan fingerprint density at radius 3 is 2.39 bits per heavy atom. The fourth-order valence-corrected chi connectivity index (χ4v) is 1.91. The van der Waals surface area contributed by atoms with Crippen molar-refractivity contribution in [3.05, 3.63) is 35.7 Å². The van der Waals surface area contributed by atoms with Gasteiger partial charge in [0.2, 0.25) is 0 Å². The van der Waals surface area contributed by atoms with Gasteiger partial charge >= 0.3 is 0 Å². The molecule has 0 fully saturated rings. The van der Waals surface area contributed by atoms with Gasteiger partial charge in [0.1, 0.15) is 29.0 Å². The number of rotatable bonds is 3. The first-order chi connectivity index (χ1) is 8.52. The van der Waals surface area contributed by atoms with Crippen molar-refractivity contribution in [2.45, 2.75) is 19.8 Å². The summed E-state index contributed by atoms with van der Waals surface area (Å²) >= 11 is 0. The van der Waals surface area contributed by atoms with Crippen molar-refractivity contribution in [2.75, 3.05) is 5.73 Å². The Labute approximate surface area is 104 Å². The van der Waals surface area contributed by atoms with Crippen LogP contribution < -0.4 is 5.73 Å². The molecular formula is C13H15F2N3. The lowest BCUT2D eigenvalue weighted by molar-refractivity contribution is 0.584. The molecule has 0 unspecified atom stereocenters. The molecular weight excluding hydrogens is 236 g/mol. The van der Waals surface area contributed by atoms with Gasteiger partial charge in [0.05, 0.1) is 0 Å². The van der Waals surface area contributed by atoms with Gasteiger partial charge in [0.15, 0.2) is 0 Å². The van der Waals surface area contributed by atoms with Crippen LogP contribution in [-0.2, 0) is 13.5 Å². The molecule has 0 aliphatic carbocycles. The molecule has 1 aromatic heterocycles. The second kappa shape index (κ2) is 4.76. The van der Waals surface area contributed by atoms with Crippen molar-refractivity contribution < 1.29 is 8.78 Å². The third-order valence-electron chi connectivity index (χ3n) is 2.84. The molecule has 1 heterocycles. The number of halogens is 2. The third kappa shape index (κ3) is 2.20. The lowest BCUT2D eigenvalue weighted by Gasteiger charge is -2.01. The van der Waals surface area contributed by atoms with Gasteiger partial charge < -0.3 is 10.3 Å². The highest BCUT2D eigenvalue weighted by molar-refractivity contribution is 5.71. The lowest BCUT2D eigenvalue weighted by atomic mass is 10.1. The Hall–Kier alpha value is -1.91. The van der Waals surface area contributed by atoms with E-state index in [0.717, 1.165) is 24.7 Å². The van der Waals surface area contributed by atoms with Crippen molar-refractivity contribution >= 4 is 5.82 Å². The molecule has 2 rings (SSSR count). The number of aromatic nitrogens is 2. The molecule has 0 spiro atoms. The summed E-state index contributed by atoms with van der Waals surface area (Å²) in [5.41, 5.74) is 6.72. The number of nitrogens with two attached hydrogens (primary N) is 1. The molecule has 0 atom stereocenters. The number of nitrogens with zero attached hydrogens (tertiary/aromatic N) is 2. The van der Waals surface area contributed by atoms with Crippen LogP contribution in [0.3, 0.4) is 0 Å². The number of hydrogen-bond acceptors (Lipinski definition) is 2. The predicted molar refractivity (Wildman–Crippen MR) is 67.0 cm³/mol. The molecule has 0 saturated carbocycles. The van der Waals surface area contributed by atoms with E-state index in [0.29, 0.717) is 17.1 Å². The fourth-order valence-electron chi connectivity index (χ4n) is 1.91. The van der Waals surface area contributed by atoms with Gasteiger partial charge in [-0.1, -0.05) is 6.92 Å². The van der Waals surface area contributed by atoms with Crippen LogP contribution in [-0.4, -0.2) is 9.55 Å². The zero-order chi connectivity index (χ0) is 13.3. The maximum Gasteiger partial charge on any atom is 0.131 e. The fraction of sp³-hybridized carbons (Fsp3) is 0.308. The van der Waals surface area contributed by atoms with Gasteiger partial charge in [0, 0.05) is 25.1 Å². The van der Waals surface area contributed by atoms with Crippen LogP contribution in [0.15, 0.2) is 18.2 Å². The van der Waals surface area contributed by atoms with Crippen LogP contribution >= 0.6 is 0 Å². The minimum atomic E-state index is -0.632. The van der Waals surface area contributed by atoms with E-state index in [1.54, 1.807) is 11.6 Å². The Balaban J connectivity index is 2.53. The first-order valence-corrected chi connectivity index (χ1v) is 5.80. The van der Waals surface area contributed by atoms with Crippen LogP contribution in [0, 0.1) is 11.6 Å². The second-order valence-corrected chi connectivity index (χ2v) is 4.23. The molecule has 0 aliphatic rings. The quantitative estimate of drug-likeness (QED) is 0.911. The van der Waals surface area contributed by atoms with Crippen molar-refractivity contribution in [1.29, 1.82) is 0 Å². The average molecular weight is 251 g/mol. The smallest absolute Gasteiger partial charge is 0.131 e. The summed E-state index contributed by atoms with van der Waals surface area (Å²) in [5.74, 6) is -0.0303. The molecule has 18 heavy (non-hydrogen) atoms. The minimum Gasteiger partial charge on any atom is -0.383 e. The van der Waals surface area contributed by atoms with Crippen molar-refractivity contribution in [3.63, 3.8) is 0 Å². The molecule has 5 heteroatoms. The molecule has 0 saturated heterocycles. The van der Waals surface area contributed by atoms with Gasteiger partial charge in [-0.05, 0) is 18.6 Å². The van der Waals surface area contributed by atoms with Crippen LogP contribution in [0.1, 0.15) is 19.2 Å². The summed E-state index contributed by atoms with van der Waals surface area (Å²) < 4.78 is 28.1. The first-order valence-electron chi connectivity index (χ1n) is 5.80. The van der Waals surface area contributed by atoms with Crippen molar-refractivity contribution in [1.82, 2.24) is 9.55 Å². The van der Waals surface area contributed by atoms with Gasteiger partial charge in [-0.15, -0.1) is 0 Å². The minimum absolute atomic E-state index is 0.364. The summed E-state index contributed by atoms with van der Waals surface area (Å²) in [5, 5.41) is 0. The van der Waals surface area contributed by atoms with E-state index in [9.17, 15) is 8.78 Å². The van der Waals surface area contributed by atoms with E-state index in [2.05, 4.69) is 4.98 Å². The predicted octanol–water partition coefficient (Wildman–Crippen LogP) is 2.90. The number of hydrogen-bond donors (Lipinski definition) is 1. The van der Waals surface area contributed by atoms with E-state index < -0.39 is 11.6 Å². The molecule has 1 aromatic carbocycles. The average Bonchev–Trinajstić information content (AvgIpc) is 2.57. The zero-order valence-corrected chi connectivity index (χ0v) is 10.4. The molecule has 3 nitrogen and oxygen atoms in total. The van der Waals surface area contributed by atoms with Gasteiger partial charge in [-0.25, -0.2) is 13.8 Å². The highest BCUT2D eigenvalue weighted by Gasteiger charge is 2.14. The summed E-state index contributed by atoms with van der Waals surface area (Å²) in [7, 11) is 1.80. The lowest BCUT2D eigenvalue weighted by Crippen LogP contribution is -2.01. The summed E-state index contributed by atoms with van der Waals surface area (Å²) in [6.07, 6.45) is 1.71. The Kier molecular flexibility index (Phi) is 3.32. The molecule has 0 amide bonds. The van der Waals surface area contributed by atoms with Crippen molar-refractivity contribution in [3.8, 4) is 11.3 Å². The monoisotopic (exact) mass is 251 g/mol. The van der Waals surface area contributed by atoms with Gasteiger partial charge in [0.25, 0.3) is 0 Å². The Bertz CT molecular complexity index is 556. The number of anilines is 1. The zero-order valence-electron chi connectivity index (χ0n) is 10.4. The third-order valence-corrected chi connectivity index (χ3v) is 2.84. The maximum absolute atomic E-state index is 13.2. The highest BCUT2D eigenvalue weighted by atomic mass is 19.1. The number of benzene rings is 1. The summed E-state index contributed by atoms with van der Waals surface area (Å²) in [4.78, 5) is 4.36. The van der Waals surface area contributed by atoms with E-state index >= 15 is 0 Å². The van der Waals surface area contributed by atoms with Crippen LogP contribution in [0.5, 0.6) is 0 Å². The molecule has 0 radical (unpaired) electrons. The standard InChI is InChI=1S/C13H15F2N3/c1-3-4-11-17-12(13(16)18(11)2)8-5-9(14)7-10(15)6-8/h5-7H,3-4,16H2,1-2H3. The highest BCUT2D eigenvalue weighted by Crippen LogP contribution is 2.27. The summed E-state index contributed by atoms with van der Waals surface area (Å²) in [6, 6.07) is 3.30. The molecule has 96 valence electrons. The SMILES string of the molecule is CCCc1nc(-c2cc(F)cc(F)c2)c(N)n1C. The van der Waals surface area contributed by atoms with E-state index in [4.69, 9.17) is 5.73 Å². The molecule has 0 aliphatic heterocycles. The van der Waals surface area contributed by atoms with Gasteiger partial charge in [-0.2, -0.15) is 0 Å². The first kappa shape index (κ1) is 12.5. The van der Waals surface area contributed by atoms with Crippen LogP contribution in [0.4, 0.5) is 14.6 Å². The van der Waals surface area contributed by atoms with E-state index in [1.165, 1.54) is 12.1 Å². The van der Waals surface area contributed by atoms with Crippen LogP contribution in [0.2, 0.25) is 0 Å². The topological polar surface area (TPSA) is 43.8 Å².